The summed E-state index contributed by atoms with van der Waals surface area (Å²) >= 11 is 0. The van der Waals surface area contributed by atoms with Crippen LogP contribution in [0.15, 0.2) is 18.3 Å². The van der Waals surface area contributed by atoms with Crippen molar-refractivity contribution in [1.82, 2.24) is 9.88 Å². The molecule has 0 bridgehead atoms. The minimum absolute atomic E-state index is 0.194. The molecule has 0 aliphatic carbocycles. The normalized spacial score (nSPS) is 15.6. The van der Waals surface area contributed by atoms with Crippen molar-refractivity contribution in [3.8, 4) is 0 Å². The van der Waals surface area contributed by atoms with Crippen LogP contribution in [0.5, 0.6) is 0 Å². The van der Waals surface area contributed by atoms with Crippen LogP contribution >= 0.6 is 0 Å². The molecule has 1 aliphatic rings. The third-order valence-electron chi connectivity index (χ3n) is 2.66. The first-order chi connectivity index (χ1) is 7.25. The Balaban J connectivity index is 1.96. The molecular weight excluding hydrogens is 190 g/mol. The summed E-state index contributed by atoms with van der Waals surface area (Å²) in [6, 6.07) is 3.59. The molecule has 4 heteroatoms. The number of carbonyl (C=O) groups excluding carboxylic acids is 1. The molecule has 0 saturated carbocycles. The Morgan fingerprint density at radius 1 is 1.40 bits per heavy atom. The van der Waals surface area contributed by atoms with Crippen LogP contribution in [0, 0.1) is 0 Å². The largest absolute Gasteiger partial charge is 0.384 e. The molecule has 1 fully saturated rings. The lowest BCUT2D eigenvalue weighted by Gasteiger charge is -2.14. The number of hydrogen-bond donors (Lipinski definition) is 1. The fourth-order valence-electron chi connectivity index (χ4n) is 1.79. The van der Waals surface area contributed by atoms with Crippen LogP contribution in [0.2, 0.25) is 0 Å². The summed E-state index contributed by atoms with van der Waals surface area (Å²) in [6.07, 6.45) is 4.37. The number of nitrogens with two attached hydrogens (primary N) is 1. The van der Waals surface area contributed by atoms with Gasteiger partial charge in [0.05, 0.1) is 6.42 Å². The van der Waals surface area contributed by atoms with Crippen molar-refractivity contribution in [3.05, 3.63) is 23.9 Å². The first-order valence-electron chi connectivity index (χ1n) is 5.24. The quantitative estimate of drug-likeness (QED) is 0.778. The van der Waals surface area contributed by atoms with E-state index in [0.717, 1.165) is 31.5 Å². The molecule has 0 unspecified atom stereocenters. The zero-order chi connectivity index (χ0) is 10.7. The van der Waals surface area contributed by atoms with Gasteiger partial charge >= 0.3 is 0 Å². The van der Waals surface area contributed by atoms with Crippen molar-refractivity contribution in [1.29, 1.82) is 0 Å². The molecule has 1 amide bonds. The molecule has 0 spiro atoms. The average Bonchev–Trinajstić information content (AvgIpc) is 2.74. The second-order valence-corrected chi connectivity index (χ2v) is 3.86. The van der Waals surface area contributed by atoms with E-state index < -0.39 is 0 Å². The molecule has 0 radical (unpaired) electrons. The van der Waals surface area contributed by atoms with Crippen molar-refractivity contribution in [2.45, 2.75) is 19.3 Å². The van der Waals surface area contributed by atoms with E-state index >= 15 is 0 Å². The summed E-state index contributed by atoms with van der Waals surface area (Å²) in [5.74, 6) is 0.687. The number of nitrogen functional groups attached to an aromatic ring is 1. The molecule has 1 aliphatic heterocycles. The molecule has 2 N–H and O–H groups in total. The van der Waals surface area contributed by atoms with Gasteiger partial charge in [-0.05, 0) is 24.5 Å². The maximum Gasteiger partial charge on any atom is 0.227 e. The van der Waals surface area contributed by atoms with Gasteiger partial charge in [0.25, 0.3) is 0 Å². The lowest BCUT2D eigenvalue weighted by atomic mass is 10.2. The number of likely N-dealkylation sites (tertiary alicyclic amines) is 1. The van der Waals surface area contributed by atoms with Crippen LogP contribution in [0.1, 0.15) is 18.4 Å². The number of anilines is 1. The van der Waals surface area contributed by atoms with Crippen molar-refractivity contribution in [3.63, 3.8) is 0 Å². The first-order valence-corrected chi connectivity index (χ1v) is 5.24. The van der Waals surface area contributed by atoms with Gasteiger partial charge in [-0.15, -0.1) is 0 Å². The lowest BCUT2D eigenvalue weighted by Crippen LogP contribution is -2.29. The Morgan fingerprint density at radius 3 is 2.73 bits per heavy atom. The lowest BCUT2D eigenvalue weighted by molar-refractivity contribution is -0.129. The molecule has 1 aromatic rings. The monoisotopic (exact) mass is 205 g/mol. The van der Waals surface area contributed by atoms with Crippen molar-refractivity contribution < 1.29 is 4.79 Å². The van der Waals surface area contributed by atoms with Gasteiger partial charge in [0, 0.05) is 19.3 Å². The van der Waals surface area contributed by atoms with E-state index in [2.05, 4.69) is 4.98 Å². The maximum atomic E-state index is 11.8. The maximum absolute atomic E-state index is 11.8. The summed E-state index contributed by atoms with van der Waals surface area (Å²) < 4.78 is 0. The third kappa shape index (κ3) is 2.46. The van der Waals surface area contributed by atoms with Gasteiger partial charge in [0.1, 0.15) is 5.82 Å². The molecule has 2 heterocycles. The van der Waals surface area contributed by atoms with E-state index in [1.807, 2.05) is 11.0 Å². The number of aromatic nitrogens is 1. The zero-order valence-corrected chi connectivity index (χ0v) is 8.65. The van der Waals surface area contributed by atoms with E-state index in [1.54, 1.807) is 12.3 Å². The van der Waals surface area contributed by atoms with E-state index in [0.29, 0.717) is 12.2 Å². The van der Waals surface area contributed by atoms with Crippen LogP contribution in [-0.2, 0) is 11.2 Å². The van der Waals surface area contributed by atoms with Crippen molar-refractivity contribution >= 4 is 11.7 Å². The van der Waals surface area contributed by atoms with Crippen LogP contribution < -0.4 is 5.73 Å². The van der Waals surface area contributed by atoms with Crippen LogP contribution in [0.25, 0.3) is 0 Å². The van der Waals surface area contributed by atoms with Gasteiger partial charge in [0.2, 0.25) is 5.91 Å². The number of carbonyl (C=O) groups is 1. The topological polar surface area (TPSA) is 59.2 Å². The molecule has 0 atom stereocenters. The Bertz CT molecular complexity index is 341. The van der Waals surface area contributed by atoms with Gasteiger partial charge in [-0.2, -0.15) is 0 Å². The summed E-state index contributed by atoms with van der Waals surface area (Å²) in [5.41, 5.74) is 6.40. The Hall–Kier alpha value is -1.58. The van der Waals surface area contributed by atoms with E-state index in [9.17, 15) is 4.79 Å². The highest BCUT2D eigenvalue weighted by Crippen LogP contribution is 2.10. The average molecular weight is 205 g/mol. The van der Waals surface area contributed by atoms with Gasteiger partial charge in [-0.25, -0.2) is 4.98 Å². The van der Waals surface area contributed by atoms with E-state index in [4.69, 9.17) is 5.73 Å². The van der Waals surface area contributed by atoms with Gasteiger partial charge in [-0.1, -0.05) is 6.07 Å². The van der Waals surface area contributed by atoms with Crippen molar-refractivity contribution in [2.24, 2.45) is 0 Å². The zero-order valence-electron chi connectivity index (χ0n) is 8.65. The molecule has 4 nitrogen and oxygen atoms in total. The molecule has 80 valence electrons. The fourth-order valence-corrected chi connectivity index (χ4v) is 1.79. The Labute approximate surface area is 89.1 Å². The molecule has 15 heavy (non-hydrogen) atoms. The summed E-state index contributed by atoms with van der Waals surface area (Å²) in [5, 5.41) is 0. The van der Waals surface area contributed by atoms with Gasteiger partial charge in [-0.3, -0.25) is 4.79 Å². The van der Waals surface area contributed by atoms with Crippen LogP contribution in [-0.4, -0.2) is 28.9 Å². The number of hydrogen-bond acceptors (Lipinski definition) is 3. The number of pyridine rings is 1. The second kappa shape index (κ2) is 4.29. The Morgan fingerprint density at radius 2 is 2.13 bits per heavy atom. The Kier molecular flexibility index (Phi) is 2.85. The first kappa shape index (κ1) is 9.96. The minimum Gasteiger partial charge on any atom is -0.384 e. The fraction of sp³-hybridized carbons (Fsp3) is 0.455. The van der Waals surface area contributed by atoms with E-state index in [1.165, 1.54) is 0 Å². The minimum atomic E-state index is 0.194. The number of amides is 1. The highest BCUT2D eigenvalue weighted by atomic mass is 16.2. The molecule has 2 rings (SSSR count). The molecule has 1 saturated heterocycles. The predicted molar refractivity (Wildman–Crippen MR) is 58.2 cm³/mol. The molecule has 0 aromatic carbocycles. The van der Waals surface area contributed by atoms with Gasteiger partial charge in [0.15, 0.2) is 0 Å². The van der Waals surface area contributed by atoms with Crippen molar-refractivity contribution in [2.75, 3.05) is 18.8 Å². The number of nitrogens with zero attached hydrogens (tertiary/aromatic N) is 2. The summed E-state index contributed by atoms with van der Waals surface area (Å²) in [4.78, 5) is 17.6. The predicted octanol–water partition coefficient (Wildman–Crippen LogP) is 0.829. The molecular formula is C11H15N3O. The highest BCUT2D eigenvalue weighted by Gasteiger charge is 2.17. The van der Waals surface area contributed by atoms with Crippen LogP contribution in [0.3, 0.4) is 0 Å². The SMILES string of the molecule is Nc1ccc(CC(=O)N2CCCC2)cn1. The molecule has 1 aromatic heterocycles. The van der Waals surface area contributed by atoms with Crippen LogP contribution in [0.4, 0.5) is 5.82 Å². The third-order valence-corrected chi connectivity index (χ3v) is 2.66. The highest BCUT2D eigenvalue weighted by molar-refractivity contribution is 5.78. The second-order valence-electron chi connectivity index (χ2n) is 3.86. The summed E-state index contributed by atoms with van der Waals surface area (Å²) in [6.45, 7) is 1.81. The standard InChI is InChI=1S/C11H15N3O/c12-10-4-3-9(8-13-10)7-11(15)14-5-1-2-6-14/h3-4,8H,1-2,5-7H2,(H2,12,13). The van der Waals surface area contributed by atoms with E-state index in [-0.39, 0.29) is 5.91 Å². The number of rotatable bonds is 2. The van der Waals surface area contributed by atoms with Gasteiger partial charge < -0.3 is 10.6 Å². The summed E-state index contributed by atoms with van der Waals surface area (Å²) in [7, 11) is 0. The smallest absolute Gasteiger partial charge is 0.227 e.